The molecule has 66 valence electrons. The molecule has 0 saturated heterocycles. The van der Waals surface area contributed by atoms with Crippen LogP contribution in [0.2, 0.25) is 0 Å². The van der Waals surface area contributed by atoms with E-state index >= 15 is 0 Å². The first-order valence-corrected chi connectivity index (χ1v) is 3.62. The molecule has 0 aromatic carbocycles. The van der Waals surface area contributed by atoms with Gasteiger partial charge >= 0.3 is 6.09 Å². The minimum Gasteiger partial charge on any atom is -0.446 e. The standard InChI is InChI=1S/C7H15NO3/c1-5(9)4-6(2)11-7(10)8-3/h5-6,9H,4H2,1-3H3,(H,8,10). The molecule has 0 rings (SSSR count). The highest BCUT2D eigenvalue weighted by atomic mass is 16.6. The molecular weight excluding hydrogens is 146 g/mol. The molecular formula is C7H15NO3. The molecule has 0 aliphatic rings. The van der Waals surface area contributed by atoms with Crippen LogP contribution in [-0.4, -0.2) is 30.5 Å². The Bertz CT molecular complexity index is 125. The molecule has 0 bridgehead atoms. The molecule has 0 aliphatic heterocycles. The Morgan fingerprint density at radius 3 is 2.55 bits per heavy atom. The first-order chi connectivity index (χ1) is 5.06. The largest absolute Gasteiger partial charge is 0.446 e. The highest BCUT2D eigenvalue weighted by Crippen LogP contribution is 2.01. The fourth-order valence-corrected chi connectivity index (χ4v) is 0.770. The maximum Gasteiger partial charge on any atom is 0.407 e. The zero-order valence-corrected chi connectivity index (χ0v) is 7.13. The topological polar surface area (TPSA) is 58.6 Å². The highest BCUT2D eigenvalue weighted by Gasteiger charge is 2.09. The second-order valence-corrected chi connectivity index (χ2v) is 2.55. The molecule has 1 amide bonds. The number of rotatable bonds is 3. The number of carbonyl (C=O) groups excluding carboxylic acids is 1. The van der Waals surface area contributed by atoms with Crippen molar-refractivity contribution >= 4 is 6.09 Å². The van der Waals surface area contributed by atoms with Gasteiger partial charge in [0.1, 0.15) is 6.10 Å². The molecule has 2 atom stereocenters. The quantitative estimate of drug-likeness (QED) is 0.633. The summed E-state index contributed by atoms with van der Waals surface area (Å²) in [6, 6.07) is 0. The summed E-state index contributed by atoms with van der Waals surface area (Å²) < 4.78 is 4.80. The predicted octanol–water partition coefficient (Wildman–Crippen LogP) is 0.502. The zero-order chi connectivity index (χ0) is 8.85. The molecule has 11 heavy (non-hydrogen) atoms. The van der Waals surface area contributed by atoms with Gasteiger partial charge in [-0.25, -0.2) is 4.79 Å². The summed E-state index contributed by atoms with van der Waals surface area (Å²) in [5.74, 6) is 0. The third-order valence-corrected chi connectivity index (χ3v) is 1.19. The van der Waals surface area contributed by atoms with E-state index in [1.165, 1.54) is 7.05 Å². The van der Waals surface area contributed by atoms with Crippen LogP contribution in [0.1, 0.15) is 20.3 Å². The Hall–Kier alpha value is -0.770. The molecule has 0 aromatic rings. The summed E-state index contributed by atoms with van der Waals surface area (Å²) in [5, 5.41) is 11.2. The van der Waals surface area contributed by atoms with Crippen LogP contribution >= 0.6 is 0 Å². The van der Waals surface area contributed by atoms with Gasteiger partial charge in [-0.1, -0.05) is 0 Å². The van der Waals surface area contributed by atoms with Gasteiger partial charge in [-0.3, -0.25) is 0 Å². The molecule has 0 fully saturated rings. The molecule has 4 heteroatoms. The fraction of sp³-hybridized carbons (Fsp3) is 0.857. The first kappa shape index (κ1) is 10.2. The van der Waals surface area contributed by atoms with E-state index in [2.05, 4.69) is 5.32 Å². The van der Waals surface area contributed by atoms with Crippen molar-refractivity contribution in [2.24, 2.45) is 0 Å². The molecule has 0 aliphatic carbocycles. The number of aliphatic hydroxyl groups is 1. The van der Waals surface area contributed by atoms with Crippen LogP contribution in [0.4, 0.5) is 4.79 Å². The average Bonchev–Trinajstić information content (AvgIpc) is 1.85. The van der Waals surface area contributed by atoms with E-state index in [4.69, 9.17) is 9.84 Å². The molecule has 2 unspecified atom stereocenters. The van der Waals surface area contributed by atoms with Crippen molar-refractivity contribution in [2.45, 2.75) is 32.5 Å². The van der Waals surface area contributed by atoms with Crippen molar-refractivity contribution in [2.75, 3.05) is 7.05 Å². The number of amides is 1. The van der Waals surface area contributed by atoms with Crippen molar-refractivity contribution in [1.29, 1.82) is 0 Å². The van der Waals surface area contributed by atoms with E-state index in [0.29, 0.717) is 6.42 Å². The number of alkyl carbamates (subject to hydrolysis) is 1. The Morgan fingerprint density at radius 2 is 2.18 bits per heavy atom. The van der Waals surface area contributed by atoms with Gasteiger partial charge in [0.2, 0.25) is 0 Å². The minimum absolute atomic E-state index is 0.241. The summed E-state index contributed by atoms with van der Waals surface area (Å²) in [4.78, 5) is 10.6. The maximum absolute atomic E-state index is 10.6. The summed E-state index contributed by atoms with van der Waals surface area (Å²) in [6.45, 7) is 3.39. The van der Waals surface area contributed by atoms with Gasteiger partial charge in [-0.15, -0.1) is 0 Å². The van der Waals surface area contributed by atoms with Crippen molar-refractivity contribution < 1.29 is 14.6 Å². The number of hydrogen-bond acceptors (Lipinski definition) is 3. The van der Waals surface area contributed by atoms with Gasteiger partial charge < -0.3 is 15.2 Å². The van der Waals surface area contributed by atoms with Crippen molar-refractivity contribution in [3.05, 3.63) is 0 Å². The van der Waals surface area contributed by atoms with E-state index in [0.717, 1.165) is 0 Å². The van der Waals surface area contributed by atoms with E-state index in [-0.39, 0.29) is 6.10 Å². The summed E-state index contributed by atoms with van der Waals surface area (Å²) in [5.41, 5.74) is 0. The number of hydrogen-bond donors (Lipinski definition) is 2. The second-order valence-electron chi connectivity index (χ2n) is 2.55. The summed E-state index contributed by atoms with van der Waals surface area (Å²) in [6.07, 6.45) is -0.671. The van der Waals surface area contributed by atoms with Crippen molar-refractivity contribution in [1.82, 2.24) is 5.32 Å². The number of ether oxygens (including phenoxy) is 1. The Morgan fingerprint density at radius 1 is 1.64 bits per heavy atom. The second kappa shape index (κ2) is 4.96. The third kappa shape index (κ3) is 5.66. The van der Waals surface area contributed by atoms with Crippen LogP contribution in [0.15, 0.2) is 0 Å². The predicted molar refractivity (Wildman–Crippen MR) is 41.3 cm³/mol. The lowest BCUT2D eigenvalue weighted by molar-refractivity contribution is 0.0701. The molecule has 0 radical (unpaired) electrons. The van der Waals surface area contributed by atoms with E-state index < -0.39 is 12.2 Å². The lowest BCUT2D eigenvalue weighted by Crippen LogP contribution is -2.26. The number of carbonyl (C=O) groups is 1. The Balaban J connectivity index is 3.51. The molecule has 0 saturated carbocycles. The number of aliphatic hydroxyl groups excluding tert-OH is 1. The SMILES string of the molecule is CNC(=O)OC(C)CC(C)O. The highest BCUT2D eigenvalue weighted by molar-refractivity contribution is 5.66. The van der Waals surface area contributed by atoms with Gasteiger partial charge in [0.05, 0.1) is 6.10 Å². The average molecular weight is 161 g/mol. The van der Waals surface area contributed by atoms with Gasteiger partial charge in [-0.2, -0.15) is 0 Å². The van der Waals surface area contributed by atoms with Crippen molar-refractivity contribution in [3.63, 3.8) is 0 Å². The van der Waals surface area contributed by atoms with Crippen LogP contribution in [-0.2, 0) is 4.74 Å². The summed E-state index contributed by atoms with van der Waals surface area (Å²) in [7, 11) is 1.50. The molecule has 0 heterocycles. The smallest absolute Gasteiger partial charge is 0.407 e. The Labute approximate surface area is 66.5 Å². The lowest BCUT2D eigenvalue weighted by Gasteiger charge is -2.13. The van der Waals surface area contributed by atoms with Gasteiger partial charge in [-0.05, 0) is 13.8 Å². The van der Waals surface area contributed by atoms with Crippen LogP contribution < -0.4 is 5.32 Å². The van der Waals surface area contributed by atoms with E-state index in [9.17, 15) is 4.79 Å². The third-order valence-electron chi connectivity index (χ3n) is 1.19. The first-order valence-electron chi connectivity index (χ1n) is 3.62. The molecule has 0 spiro atoms. The zero-order valence-electron chi connectivity index (χ0n) is 7.13. The van der Waals surface area contributed by atoms with Crippen LogP contribution in [0.25, 0.3) is 0 Å². The van der Waals surface area contributed by atoms with Crippen molar-refractivity contribution in [3.8, 4) is 0 Å². The monoisotopic (exact) mass is 161 g/mol. The summed E-state index contributed by atoms with van der Waals surface area (Å²) >= 11 is 0. The number of nitrogens with one attached hydrogen (secondary N) is 1. The lowest BCUT2D eigenvalue weighted by atomic mass is 10.2. The fourth-order valence-electron chi connectivity index (χ4n) is 0.770. The van der Waals surface area contributed by atoms with E-state index in [1.807, 2.05) is 0 Å². The normalized spacial score (nSPS) is 15.3. The molecule has 2 N–H and O–H groups in total. The molecule has 0 aromatic heterocycles. The van der Waals surface area contributed by atoms with Gasteiger partial charge in [0.25, 0.3) is 0 Å². The molecule has 4 nitrogen and oxygen atoms in total. The minimum atomic E-state index is -0.460. The van der Waals surface area contributed by atoms with Crippen LogP contribution in [0.3, 0.4) is 0 Å². The van der Waals surface area contributed by atoms with Crippen LogP contribution in [0, 0.1) is 0 Å². The van der Waals surface area contributed by atoms with Gasteiger partial charge in [0.15, 0.2) is 0 Å². The van der Waals surface area contributed by atoms with Crippen LogP contribution in [0.5, 0.6) is 0 Å². The van der Waals surface area contributed by atoms with Gasteiger partial charge in [0, 0.05) is 13.5 Å². The maximum atomic E-state index is 10.6. The van der Waals surface area contributed by atoms with E-state index in [1.54, 1.807) is 13.8 Å². The Kier molecular flexibility index (Phi) is 4.61.